The van der Waals surface area contributed by atoms with Gasteiger partial charge in [0.15, 0.2) is 0 Å². The number of nitrogens with zero attached hydrogens (tertiary/aromatic N) is 2. The van der Waals surface area contributed by atoms with E-state index in [-0.39, 0.29) is 18.2 Å². The van der Waals surface area contributed by atoms with Crippen molar-refractivity contribution in [3.63, 3.8) is 0 Å². The summed E-state index contributed by atoms with van der Waals surface area (Å²) < 4.78 is 11.0. The van der Waals surface area contributed by atoms with E-state index in [1.54, 1.807) is 6.20 Å². The molecule has 0 radical (unpaired) electrons. The topological polar surface area (TPSA) is 85.4 Å². The van der Waals surface area contributed by atoms with Crippen molar-refractivity contribution in [2.75, 3.05) is 6.61 Å². The van der Waals surface area contributed by atoms with Gasteiger partial charge in [0.25, 0.3) is 0 Å². The van der Waals surface area contributed by atoms with Gasteiger partial charge in [-0.2, -0.15) is 0 Å². The summed E-state index contributed by atoms with van der Waals surface area (Å²) in [5.74, 6) is 0. The molecule has 1 aromatic heterocycles. The molecule has 0 saturated heterocycles. The minimum atomic E-state index is -0.503. The molecule has 3 atom stereocenters. The number of carbonyl (C=O) groups excluding carboxylic acids is 1. The number of rotatable bonds is 6. The molecule has 1 heterocycles. The highest BCUT2D eigenvalue weighted by Gasteiger charge is 2.42. The third-order valence-corrected chi connectivity index (χ3v) is 3.57. The zero-order valence-electron chi connectivity index (χ0n) is 14.2. The summed E-state index contributed by atoms with van der Waals surface area (Å²) >= 11 is 0. The van der Waals surface area contributed by atoms with E-state index in [1.165, 1.54) is 6.33 Å². The van der Waals surface area contributed by atoms with Crippen molar-refractivity contribution in [3.05, 3.63) is 24.3 Å². The van der Waals surface area contributed by atoms with Crippen molar-refractivity contribution >= 4 is 6.09 Å². The molecular weight excluding hydrogens is 296 g/mol. The van der Waals surface area contributed by atoms with Crippen LogP contribution in [0, 0.1) is 0 Å². The van der Waals surface area contributed by atoms with Crippen LogP contribution in [0.25, 0.3) is 0 Å². The number of alkyl carbamates (subject to hydrolysis) is 1. The van der Waals surface area contributed by atoms with E-state index in [4.69, 9.17) is 9.47 Å². The summed E-state index contributed by atoms with van der Waals surface area (Å²) in [5.41, 5.74) is 0.398. The predicted molar refractivity (Wildman–Crippen MR) is 85.8 cm³/mol. The molecule has 1 amide bonds. The molecule has 3 unspecified atom stereocenters. The molecule has 7 nitrogen and oxygen atoms in total. The molecule has 2 rings (SSSR count). The first kappa shape index (κ1) is 17.6. The van der Waals surface area contributed by atoms with Crippen molar-refractivity contribution in [1.82, 2.24) is 20.6 Å². The van der Waals surface area contributed by atoms with Crippen LogP contribution < -0.4 is 10.6 Å². The maximum absolute atomic E-state index is 11.9. The van der Waals surface area contributed by atoms with Crippen LogP contribution in [-0.2, 0) is 16.0 Å². The van der Waals surface area contributed by atoms with Crippen molar-refractivity contribution in [1.29, 1.82) is 0 Å². The van der Waals surface area contributed by atoms with Crippen LogP contribution in [0.15, 0.2) is 18.6 Å². The summed E-state index contributed by atoms with van der Waals surface area (Å²) in [6.07, 6.45) is 3.69. The average Bonchev–Trinajstić information content (AvgIpc) is 2.45. The maximum Gasteiger partial charge on any atom is 0.407 e. The zero-order chi connectivity index (χ0) is 16.9. The molecule has 1 aliphatic carbocycles. The summed E-state index contributed by atoms with van der Waals surface area (Å²) in [7, 11) is 0. The molecule has 0 spiro atoms. The second-order valence-corrected chi connectivity index (χ2v) is 6.59. The molecule has 1 aliphatic rings. The smallest absolute Gasteiger partial charge is 0.407 e. The zero-order valence-corrected chi connectivity index (χ0v) is 14.2. The highest BCUT2D eigenvalue weighted by Crippen LogP contribution is 2.25. The van der Waals surface area contributed by atoms with Gasteiger partial charge in [0.1, 0.15) is 11.9 Å². The van der Waals surface area contributed by atoms with Gasteiger partial charge in [-0.3, -0.25) is 0 Å². The monoisotopic (exact) mass is 322 g/mol. The van der Waals surface area contributed by atoms with E-state index in [9.17, 15) is 4.79 Å². The molecule has 7 heteroatoms. The van der Waals surface area contributed by atoms with Gasteiger partial charge in [-0.25, -0.2) is 14.8 Å². The molecule has 128 valence electrons. The van der Waals surface area contributed by atoms with Gasteiger partial charge in [0, 0.05) is 19.3 Å². The lowest BCUT2D eigenvalue weighted by molar-refractivity contribution is -0.0439. The van der Waals surface area contributed by atoms with Gasteiger partial charge in [-0.15, -0.1) is 0 Å². The third kappa shape index (κ3) is 5.44. The Morgan fingerprint density at radius 3 is 2.83 bits per heavy atom. The van der Waals surface area contributed by atoms with E-state index < -0.39 is 11.7 Å². The Labute approximate surface area is 137 Å². The maximum atomic E-state index is 11.9. The number of aromatic nitrogens is 2. The molecule has 0 bridgehead atoms. The summed E-state index contributed by atoms with van der Waals surface area (Å²) in [4.78, 5) is 20.0. The first-order valence-corrected chi connectivity index (χ1v) is 7.98. The fraction of sp³-hybridized carbons (Fsp3) is 0.688. The third-order valence-electron chi connectivity index (χ3n) is 3.57. The molecular formula is C16H26N4O3. The van der Waals surface area contributed by atoms with Gasteiger partial charge in [0.05, 0.1) is 23.9 Å². The normalized spacial score (nSPS) is 23.9. The second kappa shape index (κ2) is 7.70. The number of hydrogen-bond donors (Lipinski definition) is 2. The number of amides is 1. The number of carbonyl (C=O) groups is 1. The Balaban J connectivity index is 1.87. The van der Waals surface area contributed by atoms with E-state index in [0.717, 1.165) is 12.1 Å². The highest BCUT2D eigenvalue weighted by atomic mass is 16.6. The van der Waals surface area contributed by atoms with E-state index in [0.29, 0.717) is 13.2 Å². The molecule has 0 aliphatic heterocycles. The number of nitrogens with one attached hydrogen (secondary N) is 2. The van der Waals surface area contributed by atoms with Crippen LogP contribution in [0.5, 0.6) is 0 Å². The van der Waals surface area contributed by atoms with Crippen LogP contribution in [-0.4, -0.2) is 46.5 Å². The van der Waals surface area contributed by atoms with Crippen LogP contribution in [0.3, 0.4) is 0 Å². The van der Waals surface area contributed by atoms with Gasteiger partial charge in [-0.1, -0.05) is 0 Å². The standard InChI is InChI=1S/C16H26N4O3/c1-5-22-13-8-12(20-15(21)23-16(2,3)4)14(13)18-9-11-6-7-17-10-19-11/h6-7,10,12-14,18H,5,8-9H2,1-4H3,(H,20,21). The quantitative estimate of drug-likeness (QED) is 0.828. The van der Waals surface area contributed by atoms with Crippen LogP contribution in [0.2, 0.25) is 0 Å². The van der Waals surface area contributed by atoms with Crippen molar-refractivity contribution in [2.45, 2.75) is 64.4 Å². The molecule has 23 heavy (non-hydrogen) atoms. The van der Waals surface area contributed by atoms with Crippen LogP contribution in [0.4, 0.5) is 4.79 Å². The number of ether oxygens (including phenoxy) is 2. The summed E-state index contributed by atoms with van der Waals surface area (Å²) in [6, 6.07) is 1.89. The van der Waals surface area contributed by atoms with Crippen LogP contribution in [0.1, 0.15) is 39.8 Å². The highest BCUT2D eigenvalue weighted by molar-refractivity contribution is 5.68. The van der Waals surface area contributed by atoms with Crippen molar-refractivity contribution < 1.29 is 14.3 Å². The lowest BCUT2D eigenvalue weighted by atomic mass is 9.82. The van der Waals surface area contributed by atoms with E-state index in [2.05, 4.69) is 20.6 Å². The van der Waals surface area contributed by atoms with Gasteiger partial charge in [-0.05, 0) is 40.2 Å². The van der Waals surface area contributed by atoms with Gasteiger partial charge >= 0.3 is 6.09 Å². The second-order valence-electron chi connectivity index (χ2n) is 6.59. The SMILES string of the molecule is CCOC1CC(NC(=O)OC(C)(C)C)C1NCc1ccncn1. The Kier molecular flexibility index (Phi) is 5.90. The Morgan fingerprint density at radius 2 is 2.22 bits per heavy atom. The first-order chi connectivity index (χ1) is 10.9. The van der Waals surface area contributed by atoms with Crippen molar-refractivity contribution in [3.8, 4) is 0 Å². The molecule has 1 aromatic rings. The fourth-order valence-electron chi connectivity index (χ4n) is 2.52. The molecule has 1 saturated carbocycles. The average molecular weight is 322 g/mol. The van der Waals surface area contributed by atoms with Crippen molar-refractivity contribution in [2.24, 2.45) is 0 Å². The van der Waals surface area contributed by atoms with Crippen LogP contribution >= 0.6 is 0 Å². The van der Waals surface area contributed by atoms with E-state index >= 15 is 0 Å². The number of hydrogen-bond acceptors (Lipinski definition) is 6. The summed E-state index contributed by atoms with van der Waals surface area (Å²) in [5, 5.41) is 6.31. The van der Waals surface area contributed by atoms with Gasteiger partial charge in [0.2, 0.25) is 0 Å². The lowest BCUT2D eigenvalue weighted by Crippen LogP contribution is -2.66. The molecule has 1 fully saturated rings. The first-order valence-electron chi connectivity index (χ1n) is 7.98. The fourth-order valence-corrected chi connectivity index (χ4v) is 2.52. The predicted octanol–water partition coefficient (Wildman–Crippen LogP) is 1.64. The Bertz CT molecular complexity index is 504. The Hall–Kier alpha value is -1.73. The minimum Gasteiger partial charge on any atom is -0.444 e. The Morgan fingerprint density at radius 1 is 1.43 bits per heavy atom. The molecule has 0 aromatic carbocycles. The lowest BCUT2D eigenvalue weighted by Gasteiger charge is -2.44. The minimum absolute atomic E-state index is 0.0109. The summed E-state index contributed by atoms with van der Waals surface area (Å²) in [6.45, 7) is 8.76. The van der Waals surface area contributed by atoms with Gasteiger partial charge < -0.3 is 20.1 Å². The largest absolute Gasteiger partial charge is 0.444 e. The van der Waals surface area contributed by atoms with E-state index in [1.807, 2.05) is 33.8 Å². The molecule has 2 N–H and O–H groups in total.